The van der Waals surface area contributed by atoms with Crippen LogP contribution < -0.4 is 15.0 Å². The van der Waals surface area contributed by atoms with Crippen LogP contribution in [-0.4, -0.2) is 36.2 Å². The van der Waals surface area contributed by atoms with Gasteiger partial charge in [-0.2, -0.15) is 15.0 Å². The van der Waals surface area contributed by atoms with E-state index in [1.54, 1.807) is 7.05 Å². The van der Waals surface area contributed by atoms with E-state index in [2.05, 4.69) is 27.2 Å². The van der Waals surface area contributed by atoms with Gasteiger partial charge in [-0.3, -0.25) is 0 Å². The molecule has 1 heterocycles. The van der Waals surface area contributed by atoms with Crippen LogP contribution in [0.2, 0.25) is 5.02 Å². The van der Waals surface area contributed by atoms with Gasteiger partial charge in [-0.25, -0.2) is 0 Å². The first-order valence-corrected chi connectivity index (χ1v) is 6.89. The lowest BCUT2D eigenvalue weighted by Crippen LogP contribution is -2.24. The first-order valence-electron chi connectivity index (χ1n) is 6.51. The minimum atomic E-state index is 0.0825. The van der Waals surface area contributed by atoms with Crippen LogP contribution in [-0.2, 0) is 0 Å². The molecule has 21 heavy (non-hydrogen) atoms. The number of nitrogens with zero attached hydrogens (tertiary/aromatic N) is 4. The van der Waals surface area contributed by atoms with Gasteiger partial charge in [0.15, 0.2) is 0 Å². The van der Waals surface area contributed by atoms with Crippen molar-refractivity contribution in [3.05, 3.63) is 34.9 Å². The summed E-state index contributed by atoms with van der Waals surface area (Å²) in [5.41, 5.74) is 1.12. The molecule has 6 nitrogen and oxygen atoms in total. The molecule has 7 heteroatoms. The summed E-state index contributed by atoms with van der Waals surface area (Å²) < 4.78 is 5.10. The molecule has 0 saturated carbocycles. The number of rotatable bonds is 5. The van der Waals surface area contributed by atoms with Crippen molar-refractivity contribution in [1.29, 1.82) is 0 Å². The fourth-order valence-corrected chi connectivity index (χ4v) is 1.97. The van der Waals surface area contributed by atoms with Crippen molar-refractivity contribution in [2.24, 2.45) is 0 Å². The number of benzene rings is 1. The first-order chi connectivity index (χ1) is 10.0. The maximum atomic E-state index is 5.92. The maximum absolute atomic E-state index is 5.92. The molecule has 0 bridgehead atoms. The zero-order chi connectivity index (χ0) is 15.4. The van der Waals surface area contributed by atoms with Crippen molar-refractivity contribution >= 4 is 23.5 Å². The second-order valence-corrected chi connectivity index (χ2v) is 4.97. The Bertz CT molecular complexity index is 583. The second kappa shape index (κ2) is 6.58. The zero-order valence-electron chi connectivity index (χ0n) is 12.5. The molecule has 0 amide bonds. The van der Waals surface area contributed by atoms with Crippen LogP contribution in [0.3, 0.4) is 0 Å². The summed E-state index contributed by atoms with van der Waals surface area (Å²) in [6.45, 7) is 2.07. The number of anilines is 2. The van der Waals surface area contributed by atoms with Crippen molar-refractivity contribution in [1.82, 2.24) is 15.0 Å². The van der Waals surface area contributed by atoms with E-state index in [0.29, 0.717) is 16.9 Å². The predicted octanol–water partition coefficient (Wildman–Crippen LogP) is 2.77. The smallest absolute Gasteiger partial charge is 0.322 e. The highest BCUT2D eigenvalue weighted by atomic mass is 35.5. The van der Waals surface area contributed by atoms with Crippen LogP contribution in [0.4, 0.5) is 11.9 Å². The molecule has 1 N–H and O–H groups in total. The van der Waals surface area contributed by atoms with E-state index < -0.39 is 0 Å². The van der Waals surface area contributed by atoms with E-state index in [1.807, 2.05) is 36.2 Å². The molecule has 0 spiro atoms. The molecule has 0 aliphatic heterocycles. The maximum Gasteiger partial charge on any atom is 0.322 e. The van der Waals surface area contributed by atoms with Crippen LogP contribution in [0, 0.1) is 0 Å². The number of ether oxygens (including phenoxy) is 1. The van der Waals surface area contributed by atoms with Gasteiger partial charge in [-0.1, -0.05) is 23.7 Å². The minimum absolute atomic E-state index is 0.0825. The van der Waals surface area contributed by atoms with Crippen LogP contribution in [0.15, 0.2) is 24.3 Å². The van der Waals surface area contributed by atoms with Gasteiger partial charge in [0.1, 0.15) is 0 Å². The Hall–Kier alpha value is -2.08. The van der Waals surface area contributed by atoms with Gasteiger partial charge in [-0.15, -0.1) is 0 Å². The molecule has 0 aliphatic rings. The fourth-order valence-electron chi connectivity index (χ4n) is 1.84. The van der Waals surface area contributed by atoms with Gasteiger partial charge < -0.3 is 15.0 Å². The third-order valence-electron chi connectivity index (χ3n) is 3.26. The Morgan fingerprint density at radius 2 is 1.86 bits per heavy atom. The van der Waals surface area contributed by atoms with E-state index in [1.165, 1.54) is 7.11 Å². The standard InChI is InChI=1S/C14H18ClN5O/c1-9(10-5-7-11(15)8-6-10)20(3)13-17-12(16-2)18-14(19-13)21-4/h5-9H,1-4H3,(H,16,17,18,19). The van der Waals surface area contributed by atoms with Crippen molar-refractivity contribution in [3.8, 4) is 6.01 Å². The van der Waals surface area contributed by atoms with Gasteiger partial charge in [0, 0.05) is 19.1 Å². The quantitative estimate of drug-likeness (QED) is 0.916. The third-order valence-corrected chi connectivity index (χ3v) is 3.51. The Balaban J connectivity index is 2.29. The molecular formula is C14H18ClN5O. The minimum Gasteiger partial charge on any atom is -0.467 e. The second-order valence-electron chi connectivity index (χ2n) is 4.53. The highest BCUT2D eigenvalue weighted by Crippen LogP contribution is 2.25. The number of methoxy groups -OCH3 is 1. The number of aromatic nitrogens is 3. The van der Waals surface area contributed by atoms with E-state index in [9.17, 15) is 0 Å². The Morgan fingerprint density at radius 1 is 1.19 bits per heavy atom. The van der Waals surface area contributed by atoms with Crippen LogP contribution in [0.5, 0.6) is 6.01 Å². The van der Waals surface area contributed by atoms with Gasteiger partial charge in [0.2, 0.25) is 11.9 Å². The molecular weight excluding hydrogens is 290 g/mol. The Labute approximate surface area is 129 Å². The van der Waals surface area contributed by atoms with Crippen molar-refractivity contribution in [3.63, 3.8) is 0 Å². The number of hydrogen-bond donors (Lipinski definition) is 1. The fraction of sp³-hybridized carbons (Fsp3) is 0.357. The average Bonchev–Trinajstić information content (AvgIpc) is 2.53. The summed E-state index contributed by atoms with van der Waals surface area (Å²) in [6, 6.07) is 8.07. The van der Waals surface area contributed by atoms with Crippen molar-refractivity contribution in [2.75, 3.05) is 31.4 Å². The predicted molar refractivity (Wildman–Crippen MR) is 84.2 cm³/mol. The molecule has 0 aliphatic carbocycles. The lowest BCUT2D eigenvalue weighted by molar-refractivity contribution is 0.378. The molecule has 0 radical (unpaired) electrons. The summed E-state index contributed by atoms with van der Waals surface area (Å²) >= 11 is 5.92. The largest absolute Gasteiger partial charge is 0.467 e. The van der Waals surface area contributed by atoms with E-state index in [4.69, 9.17) is 16.3 Å². The highest BCUT2D eigenvalue weighted by molar-refractivity contribution is 6.30. The third kappa shape index (κ3) is 3.52. The molecule has 1 aromatic carbocycles. The monoisotopic (exact) mass is 307 g/mol. The summed E-state index contributed by atoms with van der Waals surface area (Å²) in [5.74, 6) is 1.00. The lowest BCUT2D eigenvalue weighted by atomic mass is 10.1. The van der Waals surface area contributed by atoms with Gasteiger partial charge in [-0.05, 0) is 24.6 Å². The van der Waals surface area contributed by atoms with Crippen molar-refractivity contribution in [2.45, 2.75) is 13.0 Å². The topological polar surface area (TPSA) is 63.2 Å². The van der Waals surface area contributed by atoms with E-state index >= 15 is 0 Å². The van der Waals surface area contributed by atoms with Gasteiger partial charge in [0.25, 0.3) is 0 Å². The Kier molecular flexibility index (Phi) is 4.80. The molecule has 0 saturated heterocycles. The van der Waals surface area contributed by atoms with Crippen LogP contribution in [0.25, 0.3) is 0 Å². The number of halogens is 1. The van der Waals surface area contributed by atoms with E-state index in [0.717, 1.165) is 5.56 Å². The molecule has 1 aromatic heterocycles. The molecule has 0 fully saturated rings. The van der Waals surface area contributed by atoms with E-state index in [-0.39, 0.29) is 12.1 Å². The summed E-state index contributed by atoms with van der Waals surface area (Å²) in [4.78, 5) is 14.7. The van der Waals surface area contributed by atoms with Gasteiger partial charge >= 0.3 is 6.01 Å². The SMILES string of the molecule is CNc1nc(OC)nc(N(C)C(C)c2ccc(Cl)cc2)n1. The average molecular weight is 308 g/mol. The summed E-state index contributed by atoms with van der Waals surface area (Å²) in [5, 5.41) is 3.61. The summed E-state index contributed by atoms with van der Waals surface area (Å²) in [6.07, 6.45) is 0. The summed E-state index contributed by atoms with van der Waals surface area (Å²) in [7, 11) is 5.20. The number of nitrogens with one attached hydrogen (secondary N) is 1. The van der Waals surface area contributed by atoms with Crippen molar-refractivity contribution < 1.29 is 4.74 Å². The molecule has 112 valence electrons. The van der Waals surface area contributed by atoms with Crippen LogP contribution in [0.1, 0.15) is 18.5 Å². The lowest BCUT2D eigenvalue weighted by Gasteiger charge is -2.25. The zero-order valence-corrected chi connectivity index (χ0v) is 13.2. The molecule has 1 atom stereocenters. The highest BCUT2D eigenvalue weighted by Gasteiger charge is 2.17. The number of hydrogen-bond acceptors (Lipinski definition) is 6. The van der Waals surface area contributed by atoms with Gasteiger partial charge in [0.05, 0.1) is 13.2 Å². The first kappa shape index (κ1) is 15.3. The molecule has 2 rings (SSSR count). The Morgan fingerprint density at radius 3 is 2.43 bits per heavy atom. The molecule has 1 unspecified atom stereocenters. The molecule has 2 aromatic rings. The van der Waals surface area contributed by atoms with Crippen LogP contribution >= 0.6 is 11.6 Å². The normalized spacial score (nSPS) is 11.9.